The zero-order valence-corrected chi connectivity index (χ0v) is 11.2. The molecule has 16 heavy (non-hydrogen) atoms. The molecule has 1 aromatic rings. The Labute approximate surface area is 104 Å². The number of halogens is 1. The Bertz CT molecular complexity index is 468. The van der Waals surface area contributed by atoms with Crippen LogP contribution >= 0.6 is 22.9 Å². The summed E-state index contributed by atoms with van der Waals surface area (Å²) in [5.41, 5.74) is 0. The average Bonchev–Trinajstić information content (AvgIpc) is 2.84. The maximum Gasteiger partial charge on any atom is 0.251 e. The van der Waals surface area contributed by atoms with E-state index in [1.54, 1.807) is 0 Å². The molecule has 0 aliphatic heterocycles. The number of sulfonamides is 1. The first-order valence-electron chi connectivity index (χ1n) is 5.11. The van der Waals surface area contributed by atoms with Crippen molar-refractivity contribution in [3.63, 3.8) is 0 Å². The molecule has 0 aromatic carbocycles. The van der Waals surface area contributed by atoms with E-state index in [0.717, 1.165) is 17.8 Å². The molecule has 90 valence electrons. The summed E-state index contributed by atoms with van der Waals surface area (Å²) in [4.78, 5) is 3.73. The second kappa shape index (κ2) is 4.60. The Morgan fingerprint density at radius 2 is 2.38 bits per heavy atom. The third kappa shape index (κ3) is 3.16. The Balaban J connectivity index is 2.01. The summed E-state index contributed by atoms with van der Waals surface area (Å²) in [5, 5.41) is 0. The fourth-order valence-electron chi connectivity index (χ4n) is 1.59. The zero-order chi connectivity index (χ0) is 11.8. The van der Waals surface area contributed by atoms with Crippen molar-refractivity contribution in [1.29, 1.82) is 0 Å². The number of rotatable bonds is 5. The van der Waals surface area contributed by atoms with Crippen LogP contribution in [0.2, 0.25) is 4.47 Å². The lowest BCUT2D eigenvalue weighted by atomic mass is 10.2. The SMILES string of the molecule is CC(CC1CC1)NS(=O)(=O)c1cnc(Cl)s1. The van der Waals surface area contributed by atoms with E-state index in [9.17, 15) is 8.42 Å². The molecule has 1 atom stereocenters. The first kappa shape index (κ1) is 12.3. The lowest BCUT2D eigenvalue weighted by molar-refractivity contribution is 0.531. The summed E-state index contributed by atoms with van der Waals surface area (Å²) in [7, 11) is -3.43. The van der Waals surface area contributed by atoms with Gasteiger partial charge < -0.3 is 0 Å². The highest BCUT2D eigenvalue weighted by molar-refractivity contribution is 7.91. The van der Waals surface area contributed by atoms with Crippen molar-refractivity contribution < 1.29 is 8.42 Å². The Morgan fingerprint density at radius 1 is 1.69 bits per heavy atom. The summed E-state index contributed by atoms with van der Waals surface area (Å²) in [5.74, 6) is 0.697. The van der Waals surface area contributed by atoms with Crippen LogP contribution in [0.25, 0.3) is 0 Å². The molecule has 0 bridgehead atoms. The van der Waals surface area contributed by atoms with Crippen molar-refractivity contribution in [3.05, 3.63) is 10.7 Å². The van der Waals surface area contributed by atoms with Crippen LogP contribution in [0.4, 0.5) is 0 Å². The van der Waals surface area contributed by atoms with Crippen molar-refractivity contribution in [2.45, 2.75) is 36.4 Å². The molecular weight excluding hydrogens is 268 g/mol. The summed E-state index contributed by atoms with van der Waals surface area (Å²) < 4.78 is 26.8. The third-order valence-electron chi connectivity index (χ3n) is 2.46. The number of hydrogen-bond donors (Lipinski definition) is 1. The second-order valence-electron chi connectivity index (χ2n) is 4.13. The van der Waals surface area contributed by atoms with Gasteiger partial charge in [-0.2, -0.15) is 0 Å². The first-order chi connectivity index (χ1) is 7.47. The van der Waals surface area contributed by atoms with Gasteiger partial charge in [0.25, 0.3) is 10.0 Å². The predicted molar refractivity (Wildman–Crippen MR) is 64.2 cm³/mol. The predicted octanol–water partition coefficient (Wildman–Crippen LogP) is 2.26. The highest BCUT2D eigenvalue weighted by Gasteiger charge is 2.26. The minimum absolute atomic E-state index is 0.0293. The number of aromatic nitrogens is 1. The molecule has 4 nitrogen and oxygen atoms in total. The largest absolute Gasteiger partial charge is 0.251 e. The molecule has 7 heteroatoms. The molecule has 0 radical (unpaired) electrons. The van der Waals surface area contributed by atoms with Gasteiger partial charge in [0, 0.05) is 6.04 Å². The monoisotopic (exact) mass is 280 g/mol. The quantitative estimate of drug-likeness (QED) is 0.900. The third-order valence-corrected chi connectivity index (χ3v) is 5.63. The lowest BCUT2D eigenvalue weighted by Crippen LogP contribution is -2.32. The molecule has 1 aliphatic carbocycles. The molecule has 1 heterocycles. The molecule has 0 spiro atoms. The molecule has 1 aromatic heterocycles. The van der Waals surface area contributed by atoms with Crippen LogP contribution in [0.3, 0.4) is 0 Å². The number of nitrogens with one attached hydrogen (secondary N) is 1. The average molecular weight is 281 g/mol. The summed E-state index contributed by atoms with van der Waals surface area (Å²) in [6.45, 7) is 1.89. The van der Waals surface area contributed by atoms with Gasteiger partial charge in [0.15, 0.2) is 8.68 Å². The Kier molecular flexibility index (Phi) is 3.53. The van der Waals surface area contributed by atoms with Gasteiger partial charge in [-0.05, 0) is 19.3 Å². The van der Waals surface area contributed by atoms with Crippen molar-refractivity contribution in [3.8, 4) is 0 Å². The van der Waals surface area contributed by atoms with E-state index in [-0.39, 0.29) is 14.7 Å². The van der Waals surface area contributed by atoms with Gasteiger partial charge in [0.1, 0.15) is 0 Å². The summed E-state index contributed by atoms with van der Waals surface area (Å²) >= 11 is 6.59. The highest BCUT2D eigenvalue weighted by Crippen LogP contribution is 2.33. The van der Waals surface area contributed by atoms with Gasteiger partial charge >= 0.3 is 0 Å². The van der Waals surface area contributed by atoms with Crippen LogP contribution in [0.5, 0.6) is 0 Å². The zero-order valence-electron chi connectivity index (χ0n) is 8.81. The minimum atomic E-state index is -3.43. The van der Waals surface area contributed by atoms with Gasteiger partial charge in [-0.1, -0.05) is 35.8 Å². The normalized spacial score (nSPS) is 18.6. The summed E-state index contributed by atoms with van der Waals surface area (Å²) in [6, 6.07) is -0.0293. The van der Waals surface area contributed by atoms with E-state index in [0.29, 0.717) is 5.92 Å². The maximum absolute atomic E-state index is 11.9. The highest BCUT2D eigenvalue weighted by atomic mass is 35.5. The van der Waals surface area contributed by atoms with E-state index < -0.39 is 10.0 Å². The van der Waals surface area contributed by atoms with E-state index in [1.807, 2.05) is 6.92 Å². The molecule has 1 unspecified atom stereocenters. The number of hydrogen-bond acceptors (Lipinski definition) is 4. The van der Waals surface area contributed by atoms with E-state index in [1.165, 1.54) is 19.0 Å². The first-order valence-corrected chi connectivity index (χ1v) is 7.79. The van der Waals surface area contributed by atoms with Gasteiger partial charge in [0.05, 0.1) is 6.20 Å². The Hall–Kier alpha value is -0.170. The Morgan fingerprint density at radius 3 is 2.88 bits per heavy atom. The van der Waals surface area contributed by atoms with E-state index >= 15 is 0 Å². The topological polar surface area (TPSA) is 59.1 Å². The van der Waals surface area contributed by atoms with Gasteiger partial charge in [0.2, 0.25) is 0 Å². The molecule has 2 rings (SSSR count). The fraction of sp³-hybridized carbons (Fsp3) is 0.667. The molecule has 1 N–H and O–H groups in total. The number of nitrogens with zero attached hydrogens (tertiary/aromatic N) is 1. The molecule has 0 saturated heterocycles. The maximum atomic E-state index is 11.9. The fourth-order valence-corrected chi connectivity index (χ4v) is 4.15. The van der Waals surface area contributed by atoms with Crippen LogP contribution in [-0.4, -0.2) is 19.4 Å². The van der Waals surface area contributed by atoms with Crippen molar-refractivity contribution in [2.75, 3.05) is 0 Å². The molecule has 0 amide bonds. The van der Waals surface area contributed by atoms with E-state index in [4.69, 9.17) is 11.6 Å². The smallest absolute Gasteiger partial charge is 0.232 e. The van der Waals surface area contributed by atoms with Crippen LogP contribution in [0.1, 0.15) is 26.2 Å². The lowest BCUT2D eigenvalue weighted by Gasteiger charge is -2.12. The second-order valence-corrected chi connectivity index (χ2v) is 7.69. The van der Waals surface area contributed by atoms with Gasteiger partial charge in [-0.3, -0.25) is 0 Å². The van der Waals surface area contributed by atoms with Crippen molar-refractivity contribution in [2.24, 2.45) is 5.92 Å². The van der Waals surface area contributed by atoms with Crippen molar-refractivity contribution in [1.82, 2.24) is 9.71 Å². The number of thiazole rings is 1. The van der Waals surface area contributed by atoms with Crippen LogP contribution in [0.15, 0.2) is 10.4 Å². The van der Waals surface area contributed by atoms with E-state index in [2.05, 4.69) is 9.71 Å². The molecule has 1 aliphatic rings. The molecule has 1 fully saturated rings. The van der Waals surface area contributed by atoms with Crippen LogP contribution in [-0.2, 0) is 10.0 Å². The standard InChI is InChI=1S/C9H13ClN2O2S2/c1-6(4-7-2-3-7)12-16(13,14)8-5-11-9(10)15-8/h5-7,12H,2-4H2,1H3. The molecular formula is C9H13ClN2O2S2. The van der Waals surface area contributed by atoms with Crippen LogP contribution in [0, 0.1) is 5.92 Å². The molecule has 1 saturated carbocycles. The van der Waals surface area contributed by atoms with Crippen LogP contribution < -0.4 is 4.72 Å². The summed E-state index contributed by atoms with van der Waals surface area (Å²) in [6.07, 6.45) is 4.64. The van der Waals surface area contributed by atoms with Crippen molar-refractivity contribution >= 4 is 33.0 Å². The minimum Gasteiger partial charge on any atom is -0.232 e. The van der Waals surface area contributed by atoms with Gasteiger partial charge in [-0.15, -0.1) is 0 Å². The van der Waals surface area contributed by atoms with Gasteiger partial charge in [-0.25, -0.2) is 18.1 Å².